The number of para-hydroxylation sites is 2. The number of likely N-dealkylation sites (tertiary alicyclic amines) is 1. The average Bonchev–Trinajstić information content (AvgIpc) is 2.95. The SMILES string of the molecule is O=C(CSc1nc2ccccc2o1)N1CCC(CO)CC1. The minimum Gasteiger partial charge on any atom is -0.431 e. The van der Waals surface area contributed by atoms with Gasteiger partial charge in [-0.05, 0) is 30.9 Å². The number of hydrogen-bond acceptors (Lipinski definition) is 5. The third-order valence-corrected chi connectivity index (χ3v) is 4.63. The predicted molar refractivity (Wildman–Crippen MR) is 81.1 cm³/mol. The molecule has 1 aliphatic heterocycles. The second-order valence-electron chi connectivity index (χ2n) is 5.24. The van der Waals surface area contributed by atoms with Gasteiger partial charge in [0.1, 0.15) is 5.52 Å². The topological polar surface area (TPSA) is 66.6 Å². The predicted octanol–water partition coefficient (Wildman–Crippen LogP) is 2.15. The fourth-order valence-electron chi connectivity index (χ4n) is 2.49. The van der Waals surface area contributed by atoms with E-state index in [-0.39, 0.29) is 12.5 Å². The first-order chi connectivity index (χ1) is 10.3. The van der Waals surface area contributed by atoms with Crippen molar-refractivity contribution in [2.24, 2.45) is 5.92 Å². The van der Waals surface area contributed by atoms with Gasteiger partial charge >= 0.3 is 0 Å². The first kappa shape index (κ1) is 14.4. The van der Waals surface area contributed by atoms with E-state index in [1.54, 1.807) is 0 Å². The Labute approximate surface area is 127 Å². The number of hydrogen-bond donors (Lipinski definition) is 1. The molecule has 0 aliphatic carbocycles. The van der Waals surface area contributed by atoms with E-state index in [0.717, 1.165) is 37.0 Å². The van der Waals surface area contributed by atoms with Gasteiger partial charge in [0.05, 0.1) is 5.75 Å². The lowest BCUT2D eigenvalue weighted by atomic mass is 9.98. The summed E-state index contributed by atoms with van der Waals surface area (Å²) in [6.07, 6.45) is 1.77. The summed E-state index contributed by atoms with van der Waals surface area (Å²) in [6, 6.07) is 7.58. The van der Waals surface area contributed by atoms with Crippen molar-refractivity contribution in [3.05, 3.63) is 24.3 Å². The lowest BCUT2D eigenvalue weighted by Crippen LogP contribution is -2.40. The summed E-state index contributed by atoms with van der Waals surface area (Å²) < 4.78 is 5.59. The molecule has 1 aliphatic rings. The van der Waals surface area contributed by atoms with Gasteiger partial charge in [0, 0.05) is 19.7 Å². The molecule has 0 unspecified atom stereocenters. The van der Waals surface area contributed by atoms with Gasteiger partial charge in [0.25, 0.3) is 5.22 Å². The molecule has 1 fully saturated rings. The molecule has 1 aromatic carbocycles. The molecule has 0 saturated carbocycles. The number of amides is 1. The van der Waals surface area contributed by atoms with Crippen LogP contribution in [0.1, 0.15) is 12.8 Å². The second-order valence-corrected chi connectivity index (χ2v) is 6.17. The fourth-order valence-corrected chi connectivity index (χ4v) is 3.23. The lowest BCUT2D eigenvalue weighted by Gasteiger charge is -2.30. The maximum atomic E-state index is 12.2. The summed E-state index contributed by atoms with van der Waals surface area (Å²) in [5.74, 6) is 0.800. The molecule has 0 spiro atoms. The van der Waals surface area contributed by atoms with Crippen LogP contribution in [0, 0.1) is 5.92 Å². The van der Waals surface area contributed by atoms with Crippen molar-refractivity contribution in [1.29, 1.82) is 0 Å². The zero-order chi connectivity index (χ0) is 14.7. The molecular weight excluding hydrogens is 288 g/mol. The number of fused-ring (bicyclic) bond motifs is 1. The van der Waals surface area contributed by atoms with Crippen LogP contribution in [-0.4, -0.2) is 46.3 Å². The number of nitrogens with zero attached hydrogens (tertiary/aromatic N) is 2. The average molecular weight is 306 g/mol. The third-order valence-electron chi connectivity index (χ3n) is 3.82. The highest BCUT2D eigenvalue weighted by Gasteiger charge is 2.22. The Morgan fingerprint density at radius 2 is 2.14 bits per heavy atom. The van der Waals surface area contributed by atoms with Crippen LogP contribution < -0.4 is 0 Å². The van der Waals surface area contributed by atoms with Crippen molar-refractivity contribution >= 4 is 28.8 Å². The van der Waals surface area contributed by atoms with Gasteiger partial charge in [-0.2, -0.15) is 0 Å². The van der Waals surface area contributed by atoms with E-state index in [1.807, 2.05) is 29.2 Å². The van der Waals surface area contributed by atoms with E-state index >= 15 is 0 Å². The number of piperidine rings is 1. The number of carbonyl (C=O) groups is 1. The van der Waals surface area contributed by atoms with Crippen LogP contribution in [0.25, 0.3) is 11.1 Å². The molecule has 0 bridgehead atoms. The van der Waals surface area contributed by atoms with E-state index in [2.05, 4.69) is 4.98 Å². The maximum absolute atomic E-state index is 12.2. The molecule has 3 rings (SSSR count). The van der Waals surface area contributed by atoms with Gasteiger partial charge < -0.3 is 14.4 Å². The van der Waals surface area contributed by atoms with Crippen LogP contribution in [0.3, 0.4) is 0 Å². The molecule has 112 valence electrons. The summed E-state index contributed by atoms with van der Waals surface area (Å²) >= 11 is 1.34. The van der Waals surface area contributed by atoms with Crippen molar-refractivity contribution in [3.63, 3.8) is 0 Å². The van der Waals surface area contributed by atoms with Crippen molar-refractivity contribution in [3.8, 4) is 0 Å². The minimum absolute atomic E-state index is 0.110. The van der Waals surface area contributed by atoms with E-state index in [9.17, 15) is 4.79 Å². The van der Waals surface area contributed by atoms with Crippen LogP contribution in [0.4, 0.5) is 0 Å². The molecule has 1 N–H and O–H groups in total. The summed E-state index contributed by atoms with van der Waals surface area (Å²) in [4.78, 5) is 18.4. The van der Waals surface area contributed by atoms with Crippen LogP contribution in [-0.2, 0) is 4.79 Å². The highest BCUT2D eigenvalue weighted by molar-refractivity contribution is 7.99. The van der Waals surface area contributed by atoms with Crippen molar-refractivity contribution in [2.75, 3.05) is 25.4 Å². The first-order valence-corrected chi connectivity index (χ1v) is 8.12. The molecule has 1 aromatic heterocycles. The number of carbonyl (C=O) groups excluding carboxylic acids is 1. The van der Waals surface area contributed by atoms with Gasteiger partial charge in [-0.25, -0.2) is 4.98 Å². The number of rotatable bonds is 4. The third kappa shape index (κ3) is 3.39. The van der Waals surface area contributed by atoms with Crippen LogP contribution in [0.15, 0.2) is 33.9 Å². The molecule has 1 amide bonds. The Morgan fingerprint density at radius 3 is 2.86 bits per heavy atom. The lowest BCUT2D eigenvalue weighted by molar-refractivity contribution is -0.129. The number of aliphatic hydroxyl groups excluding tert-OH is 1. The van der Waals surface area contributed by atoms with Gasteiger partial charge in [-0.15, -0.1) is 0 Å². The molecule has 2 heterocycles. The number of aromatic nitrogens is 1. The molecule has 6 heteroatoms. The Kier molecular flexibility index (Phi) is 4.45. The molecule has 21 heavy (non-hydrogen) atoms. The Bertz CT molecular complexity index is 587. The van der Waals surface area contributed by atoms with Crippen molar-refractivity contribution in [2.45, 2.75) is 18.1 Å². The quantitative estimate of drug-likeness (QED) is 0.877. The summed E-state index contributed by atoms with van der Waals surface area (Å²) in [5, 5.41) is 9.65. The van der Waals surface area contributed by atoms with Crippen molar-refractivity contribution in [1.82, 2.24) is 9.88 Å². The van der Waals surface area contributed by atoms with Gasteiger partial charge in [-0.3, -0.25) is 4.79 Å². The highest BCUT2D eigenvalue weighted by atomic mass is 32.2. The van der Waals surface area contributed by atoms with Gasteiger partial charge in [-0.1, -0.05) is 23.9 Å². The van der Waals surface area contributed by atoms with Crippen LogP contribution in [0.2, 0.25) is 0 Å². The summed E-state index contributed by atoms with van der Waals surface area (Å²) in [5.41, 5.74) is 1.56. The number of oxazole rings is 1. The second kappa shape index (κ2) is 6.49. The summed E-state index contributed by atoms with van der Waals surface area (Å²) in [7, 11) is 0. The zero-order valence-corrected chi connectivity index (χ0v) is 12.5. The number of aliphatic hydroxyl groups is 1. The normalized spacial score (nSPS) is 16.5. The fraction of sp³-hybridized carbons (Fsp3) is 0.467. The van der Waals surface area contributed by atoms with Gasteiger partial charge in [0.15, 0.2) is 5.58 Å². The zero-order valence-electron chi connectivity index (χ0n) is 11.7. The summed E-state index contributed by atoms with van der Waals surface area (Å²) in [6.45, 7) is 1.69. The van der Waals surface area contributed by atoms with E-state index in [1.165, 1.54) is 11.8 Å². The Morgan fingerprint density at radius 1 is 1.38 bits per heavy atom. The van der Waals surface area contributed by atoms with Gasteiger partial charge in [0.2, 0.25) is 5.91 Å². The molecule has 2 aromatic rings. The molecule has 0 atom stereocenters. The number of benzene rings is 1. The molecule has 5 nitrogen and oxygen atoms in total. The Hall–Kier alpha value is -1.53. The highest BCUT2D eigenvalue weighted by Crippen LogP contribution is 2.24. The van der Waals surface area contributed by atoms with E-state index in [4.69, 9.17) is 9.52 Å². The molecule has 1 saturated heterocycles. The van der Waals surface area contributed by atoms with E-state index in [0.29, 0.717) is 16.9 Å². The smallest absolute Gasteiger partial charge is 0.257 e. The first-order valence-electron chi connectivity index (χ1n) is 7.13. The molecular formula is C15H18N2O3S. The largest absolute Gasteiger partial charge is 0.431 e. The van der Waals surface area contributed by atoms with Crippen molar-refractivity contribution < 1.29 is 14.3 Å². The maximum Gasteiger partial charge on any atom is 0.257 e. The molecule has 0 radical (unpaired) electrons. The Balaban J connectivity index is 1.54. The van der Waals surface area contributed by atoms with Crippen LogP contribution in [0.5, 0.6) is 0 Å². The number of thioether (sulfide) groups is 1. The van der Waals surface area contributed by atoms with Crippen LogP contribution >= 0.6 is 11.8 Å². The monoisotopic (exact) mass is 306 g/mol. The van der Waals surface area contributed by atoms with E-state index < -0.39 is 0 Å². The minimum atomic E-state index is 0.110. The standard InChI is InChI=1S/C15H18N2O3S/c18-9-11-5-7-17(8-6-11)14(19)10-21-15-16-12-3-1-2-4-13(12)20-15/h1-4,11,18H,5-10H2.